The zero-order valence-electron chi connectivity index (χ0n) is 20.2. The Hall–Kier alpha value is -4.19. The Morgan fingerprint density at radius 3 is 2.40 bits per heavy atom. The van der Waals surface area contributed by atoms with Crippen molar-refractivity contribution in [3.8, 4) is 5.69 Å². The van der Waals surface area contributed by atoms with E-state index in [1.807, 2.05) is 92.2 Å². The van der Waals surface area contributed by atoms with E-state index in [1.165, 1.54) is 10.2 Å². The number of fused-ring (bicyclic) bond motifs is 3. The molecule has 6 nitrogen and oxygen atoms in total. The van der Waals surface area contributed by atoms with Crippen LogP contribution < -0.4 is 10.9 Å². The molecule has 0 radical (unpaired) electrons. The first-order valence-electron chi connectivity index (χ1n) is 11.9. The highest BCUT2D eigenvalue weighted by atomic mass is 16.2. The topological polar surface area (TPSA) is 68.9 Å². The van der Waals surface area contributed by atoms with Crippen LogP contribution in [0.5, 0.6) is 0 Å². The molecule has 5 rings (SSSR count). The minimum absolute atomic E-state index is 0.0608. The van der Waals surface area contributed by atoms with Crippen molar-refractivity contribution in [2.45, 2.75) is 32.7 Å². The van der Waals surface area contributed by atoms with Crippen molar-refractivity contribution in [3.63, 3.8) is 0 Å². The lowest BCUT2D eigenvalue weighted by Gasteiger charge is -2.15. The van der Waals surface area contributed by atoms with Crippen LogP contribution in [0.15, 0.2) is 83.7 Å². The number of para-hydroxylation sites is 1. The van der Waals surface area contributed by atoms with Gasteiger partial charge in [0.15, 0.2) is 5.69 Å². The smallest absolute Gasteiger partial charge is 0.296 e. The van der Waals surface area contributed by atoms with Crippen molar-refractivity contribution < 1.29 is 4.79 Å². The predicted molar refractivity (Wildman–Crippen MR) is 140 cm³/mol. The Labute approximate surface area is 203 Å². The number of aromatic nitrogens is 3. The summed E-state index contributed by atoms with van der Waals surface area (Å²) in [4.78, 5) is 27.2. The van der Waals surface area contributed by atoms with Gasteiger partial charge in [-0.3, -0.25) is 9.59 Å². The summed E-state index contributed by atoms with van der Waals surface area (Å²) in [7, 11) is 1.86. The number of benzene rings is 3. The Morgan fingerprint density at radius 2 is 1.66 bits per heavy atom. The number of amides is 1. The van der Waals surface area contributed by atoms with Crippen LogP contribution in [0.4, 0.5) is 0 Å². The van der Waals surface area contributed by atoms with E-state index >= 15 is 0 Å². The van der Waals surface area contributed by atoms with Crippen LogP contribution in [0.2, 0.25) is 0 Å². The highest BCUT2D eigenvalue weighted by Crippen LogP contribution is 2.28. The van der Waals surface area contributed by atoms with Crippen LogP contribution in [-0.2, 0) is 13.5 Å². The summed E-state index contributed by atoms with van der Waals surface area (Å²) in [6.07, 6.45) is 1.66. The highest BCUT2D eigenvalue weighted by molar-refractivity contribution is 6.16. The van der Waals surface area contributed by atoms with E-state index in [4.69, 9.17) is 0 Å². The van der Waals surface area contributed by atoms with Gasteiger partial charge in [0.1, 0.15) is 5.52 Å². The van der Waals surface area contributed by atoms with Crippen LogP contribution in [0.25, 0.3) is 27.5 Å². The third-order valence-electron chi connectivity index (χ3n) is 6.52. The molecular formula is C29H28N4O2. The SMILES string of the molecule is Cc1ccc(-n2nc(C(=O)NC(C)CCc3ccccc3)c3c4ccccc4n(C)c3c2=O)cc1. The van der Waals surface area contributed by atoms with Gasteiger partial charge in [-0.25, -0.2) is 0 Å². The molecule has 0 aliphatic heterocycles. The molecule has 176 valence electrons. The van der Waals surface area contributed by atoms with Gasteiger partial charge < -0.3 is 9.88 Å². The summed E-state index contributed by atoms with van der Waals surface area (Å²) >= 11 is 0. The zero-order chi connectivity index (χ0) is 24.5. The lowest BCUT2D eigenvalue weighted by atomic mass is 10.1. The summed E-state index contributed by atoms with van der Waals surface area (Å²) in [6.45, 7) is 3.99. The van der Waals surface area contributed by atoms with Crippen molar-refractivity contribution in [2.75, 3.05) is 0 Å². The lowest BCUT2D eigenvalue weighted by molar-refractivity contribution is 0.0933. The molecule has 0 fully saturated rings. The summed E-state index contributed by atoms with van der Waals surface area (Å²) in [5.41, 5.74) is 4.28. The van der Waals surface area contributed by atoms with Gasteiger partial charge in [-0.1, -0.05) is 66.2 Å². The van der Waals surface area contributed by atoms with Crippen LogP contribution >= 0.6 is 0 Å². The van der Waals surface area contributed by atoms with Gasteiger partial charge in [0, 0.05) is 29.4 Å². The van der Waals surface area contributed by atoms with E-state index in [0.717, 1.165) is 29.3 Å². The first-order chi connectivity index (χ1) is 16.9. The van der Waals surface area contributed by atoms with E-state index in [9.17, 15) is 9.59 Å². The molecule has 2 heterocycles. The second-order valence-corrected chi connectivity index (χ2v) is 9.10. The standard InChI is InChI=1S/C29H28N4O2/c1-19-13-17-22(18-14-19)33-29(35)27-25(23-11-7-8-12-24(23)32(27)3)26(31-33)28(34)30-20(2)15-16-21-9-5-4-6-10-21/h4-14,17-18,20H,15-16H2,1-3H3,(H,30,34). The van der Waals surface area contributed by atoms with Crippen LogP contribution in [0.1, 0.15) is 35.0 Å². The van der Waals surface area contributed by atoms with Gasteiger partial charge in [-0.2, -0.15) is 9.78 Å². The molecule has 0 aliphatic carbocycles. The number of carbonyl (C=O) groups is 1. The van der Waals surface area contributed by atoms with Gasteiger partial charge >= 0.3 is 0 Å². The number of nitrogens with zero attached hydrogens (tertiary/aromatic N) is 3. The van der Waals surface area contributed by atoms with Gasteiger partial charge in [-0.05, 0) is 50.5 Å². The minimum Gasteiger partial charge on any atom is -0.348 e. The van der Waals surface area contributed by atoms with Crippen molar-refractivity contribution in [2.24, 2.45) is 7.05 Å². The van der Waals surface area contributed by atoms with Gasteiger partial charge in [-0.15, -0.1) is 0 Å². The van der Waals surface area contributed by atoms with Crippen molar-refractivity contribution in [1.82, 2.24) is 19.7 Å². The molecule has 35 heavy (non-hydrogen) atoms. The van der Waals surface area contributed by atoms with Crippen molar-refractivity contribution in [1.29, 1.82) is 0 Å². The average Bonchev–Trinajstić information content (AvgIpc) is 3.17. The molecular weight excluding hydrogens is 436 g/mol. The Kier molecular flexibility index (Phi) is 5.95. The molecule has 0 aliphatic rings. The monoisotopic (exact) mass is 464 g/mol. The molecule has 2 aromatic heterocycles. The molecule has 3 aromatic carbocycles. The zero-order valence-corrected chi connectivity index (χ0v) is 20.2. The Morgan fingerprint density at radius 1 is 0.971 bits per heavy atom. The predicted octanol–water partition coefficient (Wildman–Crippen LogP) is 4.94. The molecule has 1 unspecified atom stereocenters. The third-order valence-corrected chi connectivity index (χ3v) is 6.52. The molecule has 0 saturated heterocycles. The summed E-state index contributed by atoms with van der Waals surface area (Å²) in [5, 5.41) is 9.16. The molecule has 1 amide bonds. The maximum atomic E-state index is 13.6. The number of hydrogen-bond donors (Lipinski definition) is 1. The molecule has 0 spiro atoms. The van der Waals surface area contributed by atoms with E-state index in [-0.39, 0.29) is 23.2 Å². The number of nitrogens with one attached hydrogen (secondary N) is 1. The summed E-state index contributed by atoms with van der Waals surface area (Å²) in [6, 6.07) is 25.5. The van der Waals surface area contributed by atoms with Gasteiger partial charge in [0.2, 0.25) is 0 Å². The largest absolute Gasteiger partial charge is 0.348 e. The molecule has 0 saturated carbocycles. The fraction of sp³-hybridized carbons (Fsp3) is 0.207. The van der Waals surface area contributed by atoms with E-state index in [2.05, 4.69) is 22.5 Å². The number of carbonyl (C=O) groups excluding carboxylic acids is 1. The first kappa shape index (κ1) is 22.6. The maximum Gasteiger partial charge on any atom is 0.296 e. The molecule has 1 N–H and O–H groups in total. The number of aryl methyl sites for hydroxylation is 3. The fourth-order valence-corrected chi connectivity index (χ4v) is 4.59. The Bertz CT molecular complexity index is 1580. The fourth-order valence-electron chi connectivity index (χ4n) is 4.59. The maximum absolute atomic E-state index is 13.6. The Balaban J connectivity index is 1.59. The highest BCUT2D eigenvalue weighted by Gasteiger charge is 2.24. The molecule has 5 aromatic rings. The van der Waals surface area contributed by atoms with E-state index in [1.54, 1.807) is 0 Å². The average molecular weight is 465 g/mol. The van der Waals surface area contributed by atoms with E-state index in [0.29, 0.717) is 16.6 Å². The van der Waals surface area contributed by atoms with E-state index < -0.39 is 0 Å². The second kappa shape index (κ2) is 9.22. The third kappa shape index (κ3) is 4.23. The normalized spacial score (nSPS) is 12.2. The first-order valence-corrected chi connectivity index (χ1v) is 11.9. The quantitative estimate of drug-likeness (QED) is 0.387. The molecule has 6 heteroatoms. The second-order valence-electron chi connectivity index (χ2n) is 9.10. The summed E-state index contributed by atoms with van der Waals surface area (Å²) < 4.78 is 3.19. The molecule has 1 atom stereocenters. The van der Waals surface area contributed by atoms with Crippen molar-refractivity contribution >= 4 is 27.7 Å². The molecule has 0 bridgehead atoms. The lowest BCUT2D eigenvalue weighted by Crippen LogP contribution is -2.35. The van der Waals surface area contributed by atoms with Crippen LogP contribution in [0.3, 0.4) is 0 Å². The van der Waals surface area contributed by atoms with Crippen molar-refractivity contribution in [3.05, 3.63) is 106 Å². The van der Waals surface area contributed by atoms with Crippen LogP contribution in [0, 0.1) is 6.92 Å². The van der Waals surface area contributed by atoms with Gasteiger partial charge in [0.05, 0.1) is 5.69 Å². The minimum atomic E-state index is -0.284. The number of hydrogen-bond acceptors (Lipinski definition) is 3. The number of rotatable bonds is 6. The summed E-state index contributed by atoms with van der Waals surface area (Å²) in [5.74, 6) is -0.284. The van der Waals surface area contributed by atoms with Crippen LogP contribution in [-0.4, -0.2) is 26.3 Å². The van der Waals surface area contributed by atoms with Gasteiger partial charge in [0.25, 0.3) is 11.5 Å².